The zero-order valence-electron chi connectivity index (χ0n) is 14.0. The fraction of sp³-hybridized carbons (Fsp3) is 0.294. The van der Waals surface area contributed by atoms with Gasteiger partial charge in [0.2, 0.25) is 0 Å². The molecule has 0 saturated heterocycles. The number of amides is 2. The maximum atomic E-state index is 12.4. The standard InChI is InChI=1S/C17H19ClN4OS2/c1-21(11-14-15(18)20-17-22(14)8-10-25-17)16(23)19-13-5-3-12(4-6-13)7-9-24-2/h3-6,8,10H,7,9,11H2,1-2H3,(H,19,23). The van der Waals surface area contributed by atoms with Crippen molar-refractivity contribution in [2.45, 2.75) is 13.0 Å². The molecule has 0 aliphatic carbocycles. The average molecular weight is 395 g/mol. The highest BCUT2D eigenvalue weighted by Crippen LogP contribution is 2.22. The fourth-order valence-electron chi connectivity index (χ4n) is 2.44. The van der Waals surface area contributed by atoms with Gasteiger partial charge >= 0.3 is 6.03 Å². The first-order chi connectivity index (χ1) is 12.1. The number of carbonyl (C=O) groups is 1. The highest BCUT2D eigenvalue weighted by molar-refractivity contribution is 7.98. The summed E-state index contributed by atoms with van der Waals surface area (Å²) in [5.74, 6) is 1.09. The van der Waals surface area contributed by atoms with Crippen LogP contribution in [0.3, 0.4) is 0 Å². The molecule has 5 nitrogen and oxygen atoms in total. The van der Waals surface area contributed by atoms with Crippen molar-refractivity contribution >= 4 is 51.4 Å². The maximum absolute atomic E-state index is 12.4. The van der Waals surface area contributed by atoms with Crippen LogP contribution in [-0.4, -0.2) is 39.4 Å². The van der Waals surface area contributed by atoms with Crippen LogP contribution in [0, 0.1) is 0 Å². The van der Waals surface area contributed by atoms with E-state index in [1.54, 1.807) is 11.9 Å². The number of hydrogen-bond donors (Lipinski definition) is 1. The fourth-order valence-corrected chi connectivity index (χ4v) is 3.89. The molecule has 0 aliphatic rings. The van der Waals surface area contributed by atoms with Gasteiger partial charge in [-0.05, 0) is 36.1 Å². The molecule has 132 valence electrons. The quantitative estimate of drug-likeness (QED) is 0.663. The van der Waals surface area contributed by atoms with Crippen LogP contribution in [-0.2, 0) is 13.0 Å². The zero-order chi connectivity index (χ0) is 17.8. The van der Waals surface area contributed by atoms with Gasteiger partial charge in [-0.3, -0.25) is 4.40 Å². The average Bonchev–Trinajstić information content (AvgIpc) is 3.16. The summed E-state index contributed by atoms with van der Waals surface area (Å²) in [6, 6.07) is 7.79. The monoisotopic (exact) mass is 394 g/mol. The molecule has 8 heteroatoms. The van der Waals surface area contributed by atoms with Crippen molar-refractivity contribution in [1.29, 1.82) is 0 Å². The second-order valence-corrected chi connectivity index (χ2v) is 7.85. The molecule has 0 unspecified atom stereocenters. The Labute approximate surface area is 160 Å². The number of rotatable bonds is 6. The molecule has 1 aromatic carbocycles. The summed E-state index contributed by atoms with van der Waals surface area (Å²) >= 11 is 9.53. The lowest BCUT2D eigenvalue weighted by Gasteiger charge is -2.18. The molecule has 2 heterocycles. The van der Waals surface area contributed by atoms with Crippen molar-refractivity contribution in [2.75, 3.05) is 24.4 Å². The van der Waals surface area contributed by atoms with E-state index in [0.29, 0.717) is 11.7 Å². The number of halogens is 1. The van der Waals surface area contributed by atoms with Crippen LogP contribution < -0.4 is 5.32 Å². The van der Waals surface area contributed by atoms with Gasteiger partial charge in [0, 0.05) is 24.3 Å². The first-order valence-electron chi connectivity index (χ1n) is 7.78. The second-order valence-electron chi connectivity index (χ2n) is 5.63. The molecule has 2 amide bonds. The number of aromatic nitrogens is 2. The zero-order valence-corrected chi connectivity index (χ0v) is 16.4. The Balaban J connectivity index is 1.62. The molecule has 0 radical (unpaired) electrons. The number of hydrogen-bond acceptors (Lipinski definition) is 4. The second kappa shape index (κ2) is 8.12. The van der Waals surface area contributed by atoms with Gasteiger partial charge in [0.15, 0.2) is 10.1 Å². The summed E-state index contributed by atoms with van der Waals surface area (Å²) in [7, 11) is 1.74. The van der Waals surface area contributed by atoms with Crippen molar-refractivity contribution in [3.05, 3.63) is 52.3 Å². The van der Waals surface area contributed by atoms with Gasteiger partial charge in [-0.15, -0.1) is 11.3 Å². The molecule has 1 N–H and O–H groups in total. The first-order valence-corrected chi connectivity index (χ1v) is 10.4. The summed E-state index contributed by atoms with van der Waals surface area (Å²) in [4.78, 5) is 19.1. The SMILES string of the molecule is CSCCc1ccc(NC(=O)N(C)Cc2c(Cl)nc3sccn23)cc1. The number of thiazole rings is 1. The predicted octanol–water partition coefficient (Wildman–Crippen LogP) is 4.62. The minimum absolute atomic E-state index is 0.182. The number of fused-ring (bicyclic) bond motifs is 1. The Kier molecular flexibility index (Phi) is 5.88. The summed E-state index contributed by atoms with van der Waals surface area (Å²) in [6.07, 6.45) is 5.04. The number of thioether (sulfide) groups is 1. The van der Waals surface area contributed by atoms with Crippen LogP contribution in [0.4, 0.5) is 10.5 Å². The van der Waals surface area contributed by atoms with Crippen LogP contribution in [0.1, 0.15) is 11.3 Å². The van der Waals surface area contributed by atoms with Crippen LogP contribution in [0.2, 0.25) is 5.15 Å². The molecular weight excluding hydrogens is 376 g/mol. The van der Waals surface area contributed by atoms with Crippen LogP contribution in [0.15, 0.2) is 35.8 Å². The number of nitrogens with one attached hydrogen (secondary N) is 1. The van der Waals surface area contributed by atoms with E-state index in [1.807, 2.05) is 39.9 Å². The minimum atomic E-state index is -0.182. The number of nitrogens with zero attached hydrogens (tertiary/aromatic N) is 3. The molecule has 0 spiro atoms. The Morgan fingerprint density at radius 1 is 1.40 bits per heavy atom. The third kappa shape index (κ3) is 4.29. The summed E-state index contributed by atoms with van der Waals surface area (Å²) in [6.45, 7) is 0.383. The van der Waals surface area contributed by atoms with E-state index >= 15 is 0 Å². The first kappa shape index (κ1) is 18.1. The van der Waals surface area contributed by atoms with Gasteiger partial charge in [0.1, 0.15) is 0 Å². The minimum Gasteiger partial charge on any atom is -0.322 e. The van der Waals surface area contributed by atoms with Gasteiger partial charge in [0.25, 0.3) is 0 Å². The lowest BCUT2D eigenvalue weighted by molar-refractivity contribution is 0.220. The Hall–Kier alpha value is -1.70. The van der Waals surface area contributed by atoms with E-state index in [-0.39, 0.29) is 6.03 Å². The molecular formula is C17H19ClN4OS2. The van der Waals surface area contributed by atoms with E-state index in [0.717, 1.165) is 28.5 Å². The van der Waals surface area contributed by atoms with E-state index in [9.17, 15) is 4.79 Å². The Morgan fingerprint density at radius 2 is 2.16 bits per heavy atom. The number of aryl methyl sites for hydroxylation is 1. The van der Waals surface area contributed by atoms with Gasteiger partial charge in [0.05, 0.1) is 12.2 Å². The van der Waals surface area contributed by atoms with Crippen molar-refractivity contribution < 1.29 is 4.79 Å². The van der Waals surface area contributed by atoms with Gasteiger partial charge in [-0.2, -0.15) is 11.8 Å². The van der Waals surface area contributed by atoms with E-state index in [1.165, 1.54) is 16.9 Å². The van der Waals surface area contributed by atoms with Crippen molar-refractivity contribution in [3.8, 4) is 0 Å². The van der Waals surface area contributed by atoms with E-state index in [4.69, 9.17) is 11.6 Å². The maximum Gasteiger partial charge on any atom is 0.321 e. The number of benzene rings is 1. The molecule has 0 fully saturated rings. The third-order valence-electron chi connectivity index (χ3n) is 3.85. The molecule has 0 saturated carbocycles. The summed E-state index contributed by atoms with van der Waals surface area (Å²) in [5.41, 5.74) is 2.86. The topological polar surface area (TPSA) is 49.6 Å². The smallest absolute Gasteiger partial charge is 0.321 e. The van der Waals surface area contributed by atoms with E-state index < -0.39 is 0 Å². The third-order valence-corrected chi connectivity index (χ3v) is 5.52. The molecule has 0 atom stereocenters. The molecule has 25 heavy (non-hydrogen) atoms. The molecule has 2 aromatic heterocycles. The van der Waals surface area contributed by atoms with E-state index in [2.05, 4.69) is 28.7 Å². The normalized spacial score (nSPS) is 11.0. The predicted molar refractivity (Wildman–Crippen MR) is 107 cm³/mol. The number of carbonyl (C=O) groups excluding carboxylic acids is 1. The number of urea groups is 1. The largest absolute Gasteiger partial charge is 0.322 e. The Bertz CT molecular complexity index is 859. The lowest BCUT2D eigenvalue weighted by atomic mass is 10.1. The van der Waals surface area contributed by atoms with Crippen LogP contribution in [0.25, 0.3) is 4.96 Å². The summed E-state index contributed by atoms with van der Waals surface area (Å²) in [5, 5.41) is 5.29. The van der Waals surface area contributed by atoms with Crippen molar-refractivity contribution in [1.82, 2.24) is 14.3 Å². The van der Waals surface area contributed by atoms with Gasteiger partial charge < -0.3 is 10.2 Å². The van der Waals surface area contributed by atoms with Crippen LogP contribution >= 0.6 is 34.7 Å². The van der Waals surface area contributed by atoms with Crippen molar-refractivity contribution in [2.24, 2.45) is 0 Å². The molecule has 0 aliphatic heterocycles. The summed E-state index contributed by atoms with van der Waals surface area (Å²) < 4.78 is 1.91. The molecule has 3 aromatic rings. The Morgan fingerprint density at radius 3 is 2.88 bits per heavy atom. The van der Waals surface area contributed by atoms with Gasteiger partial charge in [-0.1, -0.05) is 23.7 Å². The highest BCUT2D eigenvalue weighted by atomic mass is 35.5. The van der Waals surface area contributed by atoms with Crippen LogP contribution in [0.5, 0.6) is 0 Å². The lowest BCUT2D eigenvalue weighted by Crippen LogP contribution is -2.31. The highest BCUT2D eigenvalue weighted by Gasteiger charge is 2.16. The van der Waals surface area contributed by atoms with Gasteiger partial charge in [-0.25, -0.2) is 9.78 Å². The number of anilines is 1. The van der Waals surface area contributed by atoms with Crippen molar-refractivity contribution in [3.63, 3.8) is 0 Å². The molecule has 0 bridgehead atoms. The molecule has 3 rings (SSSR count). The number of imidazole rings is 1.